The molecule has 2 fully saturated rings. The maximum atomic E-state index is 13.3. The van der Waals surface area contributed by atoms with E-state index in [0.717, 1.165) is 10.5 Å². The molecule has 4 rings (SSSR count). The number of ketones is 1. The number of rotatable bonds is 7. The highest BCUT2D eigenvalue weighted by Gasteiger charge is 2.55. The second-order valence-corrected chi connectivity index (χ2v) is 9.99. The minimum absolute atomic E-state index is 0.103. The van der Waals surface area contributed by atoms with Gasteiger partial charge in [0.15, 0.2) is 5.78 Å². The third kappa shape index (κ3) is 4.26. The molecular formula is C22H24N4O7S. The Kier molecular flexibility index (Phi) is 6.62. The van der Waals surface area contributed by atoms with Gasteiger partial charge in [-0.15, -0.1) is 0 Å². The minimum atomic E-state index is -4.49. The van der Waals surface area contributed by atoms with E-state index in [-0.39, 0.29) is 24.1 Å². The molecule has 0 saturated carbocycles. The number of hydrogen-bond acceptors (Lipinski definition) is 8. The van der Waals surface area contributed by atoms with E-state index in [9.17, 15) is 27.6 Å². The zero-order chi connectivity index (χ0) is 24.5. The molecule has 0 aliphatic carbocycles. The summed E-state index contributed by atoms with van der Waals surface area (Å²) in [5.41, 5.74) is 0.158. The third-order valence-corrected chi connectivity index (χ3v) is 7.79. The first-order chi connectivity index (χ1) is 16.3. The van der Waals surface area contributed by atoms with Crippen molar-refractivity contribution in [2.24, 2.45) is 0 Å². The highest BCUT2D eigenvalue weighted by Crippen LogP contribution is 2.33. The van der Waals surface area contributed by atoms with E-state index in [2.05, 4.69) is 10.3 Å². The average molecular weight is 489 g/mol. The van der Waals surface area contributed by atoms with Crippen LogP contribution in [-0.4, -0.2) is 76.5 Å². The summed E-state index contributed by atoms with van der Waals surface area (Å²) in [6, 6.07) is 1.52. The van der Waals surface area contributed by atoms with Crippen LogP contribution in [-0.2, 0) is 19.6 Å². The van der Waals surface area contributed by atoms with Crippen LogP contribution in [0.15, 0.2) is 47.5 Å². The molecule has 2 aliphatic heterocycles. The largest absolute Gasteiger partial charge is 0.472 e. The number of nitrogens with zero attached hydrogens (tertiary/aromatic N) is 3. The Morgan fingerprint density at radius 2 is 2.06 bits per heavy atom. The molecular weight excluding hydrogens is 464 g/mol. The molecule has 34 heavy (non-hydrogen) atoms. The van der Waals surface area contributed by atoms with Gasteiger partial charge in [0.25, 0.3) is 21.0 Å². The fourth-order valence-electron chi connectivity index (χ4n) is 4.46. The molecule has 0 aromatic carbocycles. The number of fused-ring (bicyclic) bond motifs is 1. The summed E-state index contributed by atoms with van der Waals surface area (Å²) in [5, 5.41) is 1.54. The number of furan rings is 1. The molecule has 180 valence electrons. The van der Waals surface area contributed by atoms with Crippen molar-refractivity contribution < 1.29 is 32.0 Å². The number of aromatic nitrogens is 1. The second-order valence-electron chi connectivity index (χ2n) is 8.20. The van der Waals surface area contributed by atoms with Gasteiger partial charge in [-0.25, -0.2) is 8.42 Å². The van der Waals surface area contributed by atoms with Gasteiger partial charge in [0.1, 0.15) is 18.3 Å². The van der Waals surface area contributed by atoms with Gasteiger partial charge in [0, 0.05) is 18.9 Å². The number of Topliss-reactive ketones (excluding diaryl/α,β-unsaturated/α-hetero) is 1. The van der Waals surface area contributed by atoms with Crippen LogP contribution in [0, 0.1) is 0 Å². The summed E-state index contributed by atoms with van der Waals surface area (Å²) >= 11 is 0. The van der Waals surface area contributed by atoms with E-state index < -0.39 is 57.4 Å². The summed E-state index contributed by atoms with van der Waals surface area (Å²) < 4.78 is 31.9. The lowest BCUT2D eigenvalue weighted by Gasteiger charge is -2.28. The van der Waals surface area contributed by atoms with Crippen molar-refractivity contribution in [2.45, 2.75) is 44.3 Å². The Labute approximate surface area is 196 Å². The molecule has 1 N–H and O–H groups in total. The van der Waals surface area contributed by atoms with E-state index in [4.69, 9.17) is 4.42 Å². The van der Waals surface area contributed by atoms with Crippen molar-refractivity contribution in [3.8, 4) is 0 Å². The van der Waals surface area contributed by atoms with Crippen molar-refractivity contribution >= 4 is 32.7 Å². The van der Waals surface area contributed by atoms with Crippen LogP contribution in [0.1, 0.15) is 46.9 Å². The Bertz CT molecular complexity index is 1200. The normalized spacial score (nSPS) is 21.3. The molecule has 2 amide bonds. The molecule has 0 bridgehead atoms. The number of nitrogens with one attached hydrogen (secondary N) is 1. The Morgan fingerprint density at radius 3 is 2.71 bits per heavy atom. The zero-order valence-corrected chi connectivity index (χ0v) is 19.2. The molecule has 0 spiro atoms. The molecule has 3 atom stereocenters. The third-order valence-electron chi connectivity index (χ3n) is 6.06. The molecule has 3 unspecified atom stereocenters. The number of carbonyl (C=O) groups is 4. The number of likely N-dealkylation sites (tertiary alicyclic amines) is 1. The van der Waals surface area contributed by atoms with Crippen molar-refractivity contribution in [3.63, 3.8) is 0 Å². The van der Waals surface area contributed by atoms with E-state index in [0.29, 0.717) is 12.8 Å². The number of sulfonamides is 1. The topological polar surface area (TPSA) is 147 Å². The SMILES string of the molecule is CCCC(NC(=O)c1ccoc1)C(=O)N1CCC2C1C(=O)CN2S(=O)(=O)C(=O)c1cccnc1. The van der Waals surface area contributed by atoms with Gasteiger partial charge in [-0.05, 0) is 31.0 Å². The second kappa shape index (κ2) is 9.47. The van der Waals surface area contributed by atoms with Crippen LogP contribution in [0.5, 0.6) is 0 Å². The van der Waals surface area contributed by atoms with Crippen molar-refractivity contribution in [2.75, 3.05) is 13.1 Å². The highest BCUT2D eigenvalue weighted by atomic mass is 32.2. The average Bonchev–Trinajstić information content (AvgIpc) is 3.57. The van der Waals surface area contributed by atoms with E-state index in [1.807, 2.05) is 6.92 Å². The first kappa shape index (κ1) is 23.8. The van der Waals surface area contributed by atoms with Crippen LogP contribution in [0.25, 0.3) is 0 Å². The lowest BCUT2D eigenvalue weighted by molar-refractivity contribution is -0.138. The van der Waals surface area contributed by atoms with Gasteiger partial charge in [0.2, 0.25) is 5.91 Å². The molecule has 2 aliphatic rings. The molecule has 4 heterocycles. The molecule has 2 saturated heterocycles. The van der Waals surface area contributed by atoms with Crippen molar-refractivity contribution in [1.82, 2.24) is 19.5 Å². The Hall–Kier alpha value is -3.38. The molecule has 12 heteroatoms. The quantitative estimate of drug-likeness (QED) is 0.596. The van der Waals surface area contributed by atoms with E-state index in [1.54, 1.807) is 0 Å². The predicted molar refractivity (Wildman–Crippen MR) is 118 cm³/mol. The Balaban J connectivity index is 1.53. The van der Waals surface area contributed by atoms with Crippen molar-refractivity contribution in [1.29, 1.82) is 0 Å². The number of pyridine rings is 1. The van der Waals surface area contributed by atoms with Crippen LogP contribution in [0.3, 0.4) is 0 Å². The molecule has 2 aromatic rings. The maximum Gasteiger partial charge on any atom is 0.293 e. The molecule has 2 aromatic heterocycles. The lowest BCUT2D eigenvalue weighted by atomic mass is 10.1. The lowest BCUT2D eigenvalue weighted by Crippen LogP contribution is -2.52. The smallest absolute Gasteiger partial charge is 0.293 e. The number of carbonyl (C=O) groups excluding carboxylic acids is 4. The summed E-state index contributed by atoms with van der Waals surface area (Å²) in [5.74, 6) is -1.41. The molecule has 0 radical (unpaired) electrons. The van der Waals surface area contributed by atoms with Gasteiger partial charge in [-0.1, -0.05) is 13.3 Å². The zero-order valence-electron chi connectivity index (χ0n) is 18.4. The summed E-state index contributed by atoms with van der Waals surface area (Å²) in [4.78, 5) is 56.4. The van der Waals surface area contributed by atoms with Gasteiger partial charge < -0.3 is 14.6 Å². The maximum absolute atomic E-state index is 13.3. The Morgan fingerprint density at radius 1 is 1.26 bits per heavy atom. The van der Waals surface area contributed by atoms with Crippen LogP contribution in [0.4, 0.5) is 0 Å². The monoisotopic (exact) mass is 488 g/mol. The van der Waals surface area contributed by atoms with Gasteiger partial charge >= 0.3 is 0 Å². The van der Waals surface area contributed by atoms with Gasteiger partial charge in [-0.2, -0.15) is 4.31 Å². The van der Waals surface area contributed by atoms with Gasteiger partial charge in [-0.3, -0.25) is 24.2 Å². The number of hydrogen-bond donors (Lipinski definition) is 1. The van der Waals surface area contributed by atoms with E-state index in [1.165, 1.54) is 41.8 Å². The standard InChI is InChI=1S/C22H24N4O7S/c1-2-4-16(24-20(28)15-7-10-33-13-15)21(29)25-9-6-17-19(25)18(27)12-26(17)34(31,32)22(30)14-5-3-8-23-11-14/h3,5,7-8,10-11,13,16-17,19H,2,4,6,9,12H2,1H3,(H,24,28). The first-order valence-electron chi connectivity index (χ1n) is 10.9. The molecule has 11 nitrogen and oxygen atoms in total. The number of amides is 2. The summed E-state index contributed by atoms with van der Waals surface area (Å²) in [6.45, 7) is 1.50. The van der Waals surface area contributed by atoms with Crippen LogP contribution < -0.4 is 5.32 Å². The van der Waals surface area contributed by atoms with Crippen molar-refractivity contribution in [3.05, 3.63) is 54.2 Å². The van der Waals surface area contributed by atoms with Crippen LogP contribution in [0.2, 0.25) is 0 Å². The first-order valence-corrected chi connectivity index (χ1v) is 12.3. The fraction of sp³-hybridized carbons (Fsp3) is 0.409. The fourth-order valence-corrected chi connectivity index (χ4v) is 5.97. The summed E-state index contributed by atoms with van der Waals surface area (Å²) in [6.07, 6.45) is 6.31. The summed E-state index contributed by atoms with van der Waals surface area (Å²) in [7, 11) is -4.49. The highest BCUT2D eigenvalue weighted by molar-refractivity contribution is 8.04. The minimum Gasteiger partial charge on any atom is -0.472 e. The van der Waals surface area contributed by atoms with E-state index >= 15 is 0 Å². The predicted octanol–water partition coefficient (Wildman–Crippen LogP) is 0.598. The van der Waals surface area contributed by atoms with Crippen LogP contribution >= 0.6 is 0 Å². The van der Waals surface area contributed by atoms with Gasteiger partial charge in [0.05, 0.1) is 30.0 Å².